The molecule has 0 aliphatic heterocycles. The van der Waals surface area contributed by atoms with Gasteiger partial charge in [0.15, 0.2) is 0 Å². The van der Waals surface area contributed by atoms with Gasteiger partial charge in [-0.25, -0.2) is 9.18 Å². The van der Waals surface area contributed by atoms with E-state index < -0.39 is 5.97 Å². The lowest BCUT2D eigenvalue weighted by molar-refractivity contribution is 0.0701. The molecule has 1 fully saturated rings. The van der Waals surface area contributed by atoms with Crippen molar-refractivity contribution < 1.29 is 14.3 Å². The number of carboxylic acid groups (broad SMARTS) is 1. The topological polar surface area (TPSA) is 49.3 Å². The van der Waals surface area contributed by atoms with Gasteiger partial charge in [0.2, 0.25) is 0 Å². The number of nitrogens with one attached hydrogen (secondary N) is 1. The highest BCUT2D eigenvalue weighted by atomic mass is 32.1. The number of halogens is 1. The van der Waals surface area contributed by atoms with Crippen molar-refractivity contribution in [2.24, 2.45) is 5.41 Å². The lowest BCUT2D eigenvalue weighted by Gasteiger charge is -2.07. The lowest BCUT2D eigenvalue weighted by atomic mass is 10.1. The highest BCUT2D eigenvalue weighted by Crippen LogP contribution is 2.45. The molecule has 0 spiro atoms. The maximum absolute atomic E-state index is 14.0. The summed E-state index contributed by atoms with van der Waals surface area (Å²) in [6.45, 7) is 4.72. The second-order valence-electron chi connectivity index (χ2n) is 5.95. The first-order valence-corrected chi connectivity index (χ1v) is 7.38. The highest BCUT2D eigenvalue weighted by Gasteiger charge is 2.45. The standard InChI is InChI=1S/C15H16FNO2S/c1-15(2)6-11(15)17-7-8-12-9(16)4-3-5-10(12)20-13(8)14(18)19/h3-5,11,17H,6-7H2,1-2H3,(H,18,19). The van der Waals surface area contributed by atoms with Crippen LogP contribution in [0.4, 0.5) is 4.39 Å². The van der Waals surface area contributed by atoms with Gasteiger partial charge in [0.1, 0.15) is 10.7 Å². The van der Waals surface area contributed by atoms with Crippen LogP contribution in [0.3, 0.4) is 0 Å². The molecule has 1 heterocycles. The van der Waals surface area contributed by atoms with Crippen LogP contribution in [-0.4, -0.2) is 17.1 Å². The number of benzene rings is 1. The zero-order valence-corrected chi connectivity index (χ0v) is 12.2. The molecule has 1 atom stereocenters. The van der Waals surface area contributed by atoms with Crippen molar-refractivity contribution in [3.8, 4) is 0 Å². The fourth-order valence-corrected chi connectivity index (χ4v) is 3.62. The summed E-state index contributed by atoms with van der Waals surface area (Å²) in [4.78, 5) is 11.6. The molecule has 1 aliphatic carbocycles. The van der Waals surface area contributed by atoms with Gasteiger partial charge in [-0.2, -0.15) is 0 Å². The largest absolute Gasteiger partial charge is 0.477 e. The van der Waals surface area contributed by atoms with E-state index in [-0.39, 0.29) is 16.1 Å². The number of hydrogen-bond donors (Lipinski definition) is 2. The van der Waals surface area contributed by atoms with Gasteiger partial charge in [-0.15, -0.1) is 11.3 Å². The number of hydrogen-bond acceptors (Lipinski definition) is 3. The van der Waals surface area contributed by atoms with Crippen molar-refractivity contribution >= 4 is 27.4 Å². The number of aromatic carboxylic acids is 1. The Balaban J connectivity index is 1.98. The van der Waals surface area contributed by atoms with E-state index in [4.69, 9.17) is 0 Å². The Kier molecular flexibility index (Phi) is 3.06. The first-order chi connectivity index (χ1) is 9.40. The highest BCUT2D eigenvalue weighted by molar-refractivity contribution is 7.21. The second kappa shape index (κ2) is 4.53. The smallest absolute Gasteiger partial charge is 0.346 e. The second-order valence-corrected chi connectivity index (χ2v) is 7.01. The van der Waals surface area contributed by atoms with Crippen LogP contribution in [0.1, 0.15) is 35.5 Å². The summed E-state index contributed by atoms with van der Waals surface area (Å²) in [6.07, 6.45) is 1.07. The average molecular weight is 293 g/mol. The Morgan fingerprint density at radius 3 is 2.85 bits per heavy atom. The van der Waals surface area contributed by atoms with E-state index in [1.807, 2.05) is 0 Å². The number of thiophene rings is 1. The molecule has 5 heteroatoms. The third kappa shape index (κ3) is 2.21. The maximum Gasteiger partial charge on any atom is 0.346 e. The first kappa shape index (κ1) is 13.5. The van der Waals surface area contributed by atoms with E-state index in [9.17, 15) is 14.3 Å². The fourth-order valence-electron chi connectivity index (χ4n) is 2.55. The molecule has 0 amide bonds. The maximum atomic E-state index is 14.0. The molecular formula is C15H16FNO2S. The normalized spacial score (nSPS) is 20.2. The van der Waals surface area contributed by atoms with Gasteiger partial charge < -0.3 is 10.4 Å². The van der Waals surface area contributed by atoms with Crippen molar-refractivity contribution in [3.05, 3.63) is 34.5 Å². The quantitative estimate of drug-likeness (QED) is 0.905. The third-order valence-corrected chi connectivity index (χ3v) is 5.18. The molecule has 1 aromatic heterocycles. The Hall–Kier alpha value is -1.46. The van der Waals surface area contributed by atoms with Crippen LogP contribution < -0.4 is 5.32 Å². The minimum absolute atomic E-state index is 0.232. The van der Waals surface area contributed by atoms with Gasteiger partial charge in [0.05, 0.1) is 0 Å². The molecule has 0 bridgehead atoms. The molecule has 3 nitrogen and oxygen atoms in total. The predicted molar refractivity (Wildman–Crippen MR) is 77.8 cm³/mol. The summed E-state index contributed by atoms with van der Waals surface area (Å²) in [5.41, 5.74) is 0.826. The van der Waals surface area contributed by atoms with Crippen LogP contribution in [0.5, 0.6) is 0 Å². The summed E-state index contributed by atoms with van der Waals surface area (Å²) in [6, 6.07) is 5.14. The minimum atomic E-state index is -0.988. The van der Waals surface area contributed by atoms with Crippen molar-refractivity contribution in [1.29, 1.82) is 0 Å². The van der Waals surface area contributed by atoms with Crippen molar-refractivity contribution in [3.63, 3.8) is 0 Å². The first-order valence-electron chi connectivity index (χ1n) is 6.57. The van der Waals surface area contributed by atoms with E-state index in [2.05, 4.69) is 19.2 Å². The molecular weight excluding hydrogens is 277 g/mol. The third-order valence-electron chi connectivity index (χ3n) is 4.00. The molecule has 0 saturated heterocycles. The molecule has 0 radical (unpaired) electrons. The van der Waals surface area contributed by atoms with Crippen LogP contribution in [0.15, 0.2) is 18.2 Å². The van der Waals surface area contributed by atoms with Gasteiger partial charge in [0, 0.05) is 28.2 Å². The van der Waals surface area contributed by atoms with Gasteiger partial charge in [-0.3, -0.25) is 0 Å². The Morgan fingerprint density at radius 1 is 1.55 bits per heavy atom. The van der Waals surface area contributed by atoms with Crippen molar-refractivity contribution in [2.75, 3.05) is 0 Å². The zero-order chi connectivity index (χ0) is 14.5. The average Bonchev–Trinajstić information content (AvgIpc) is 2.82. The summed E-state index contributed by atoms with van der Waals surface area (Å²) in [5.74, 6) is -1.34. The molecule has 106 valence electrons. The summed E-state index contributed by atoms with van der Waals surface area (Å²) >= 11 is 1.14. The van der Waals surface area contributed by atoms with Gasteiger partial charge in [0.25, 0.3) is 0 Å². The van der Waals surface area contributed by atoms with E-state index in [0.29, 0.717) is 28.2 Å². The number of carbonyl (C=O) groups is 1. The zero-order valence-electron chi connectivity index (χ0n) is 11.4. The van der Waals surface area contributed by atoms with Gasteiger partial charge in [-0.05, 0) is 24.0 Å². The van der Waals surface area contributed by atoms with Crippen LogP contribution >= 0.6 is 11.3 Å². The molecule has 2 N–H and O–H groups in total. The van der Waals surface area contributed by atoms with E-state index in [1.54, 1.807) is 12.1 Å². The summed E-state index contributed by atoms with van der Waals surface area (Å²) < 4.78 is 14.7. The number of fused-ring (bicyclic) bond motifs is 1. The Labute approximate surface area is 120 Å². The Morgan fingerprint density at radius 2 is 2.25 bits per heavy atom. The van der Waals surface area contributed by atoms with Crippen LogP contribution in [0, 0.1) is 11.2 Å². The predicted octanol–water partition coefficient (Wildman–Crippen LogP) is 3.63. The van der Waals surface area contributed by atoms with E-state index >= 15 is 0 Å². The fraction of sp³-hybridized carbons (Fsp3) is 0.400. The molecule has 20 heavy (non-hydrogen) atoms. The SMILES string of the molecule is CC1(C)CC1NCc1c(C(=O)O)sc2cccc(F)c12. The summed E-state index contributed by atoms with van der Waals surface area (Å²) in [7, 11) is 0. The molecule has 1 aromatic carbocycles. The van der Waals surface area contributed by atoms with Crippen LogP contribution in [0.25, 0.3) is 10.1 Å². The van der Waals surface area contributed by atoms with Crippen LogP contribution in [0.2, 0.25) is 0 Å². The van der Waals surface area contributed by atoms with Crippen LogP contribution in [-0.2, 0) is 6.54 Å². The van der Waals surface area contributed by atoms with Crippen molar-refractivity contribution in [1.82, 2.24) is 5.32 Å². The molecule has 1 unspecified atom stereocenters. The van der Waals surface area contributed by atoms with E-state index in [0.717, 1.165) is 17.8 Å². The summed E-state index contributed by atoms with van der Waals surface area (Å²) in [5, 5.41) is 13.1. The number of carboxylic acids is 1. The number of rotatable bonds is 4. The monoisotopic (exact) mass is 293 g/mol. The Bertz CT molecular complexity index is 692. The molecule has 1 aliphatic rings. The molecule has 3 rings (SSSR count). The van der Waals surface area contributed by atoms with Gasteiger partial charge >= 0.3 is 5.97 Å². The van der Waals surface area contributed by atoms with Crippen molar-refractivity contribution in [2.45, 2.75) is 32.9 Å². The van der Waals surface area contributed by atoms with E-state index in [1.165, 1.54) is 6.07 Å². The molecule has 1 saturated carbocycles. The lowest BCUT2D eigenvalue weighted by Crippen LogP contribution is -2.21. The van der Waals surface area contributed by atoms with Gasteiger partial charge in [-0.1, -0.05) is 19.9 Å². The molecule has 2 aromatic rings. The minimum Gasteiger partial charge on any atom is -0.477 e.